The van der Waals surface area contributed by atoms with Crippen LogP contribution in [0.2, 0.25) is 0 Å². The third kappa shape index (κ3) is 5.20. The van der Waals surface area contributed by atoms with Crippen LogP contribution in [0.5, 0.6) is 0 Å². The third-order valence-corrected chi connectivity index (χ3v) is 3.01. The minimum Gasteiger partial charge on any atom is -0.480 e. The first kappa shape index (κ1) is 17.7. The molecular formula is C16H15N3O6. The molecule has 9 nitrogen and oxygen atoms in total. The Morgan fingerprint density at radius 1 is 0.920 bits per heavy atom. The third-order valence-electron chi connectivity index (χ3n) is 3.01. The van der Waals surface area contributed by atoms with E-state index in [1.165, 1.54) is 24.5 Å². The monoisotopic (exact) mass is 345 g/mol. The van der Waals surface area contributed by atoms with Gasteiger partial charge in [0.2, 0.25) is 5.91 Å². The predicted octanol–water partition coefficient (Wildman–Crippen LogP) is 0.462. The first-order valence-corrected chi connectivity index (χ1v) is 7.18. The van der Waals surface area contributed by atoms with Gasteiger partial charge in [-0.05, 0) is 24.3 Å². The van der Waals surface area contributed by atoms with Gasteiger partial charge in [0.05, 0.1) is 24.1 Å². The molecule has 0 atom stereocenters. The summed E-state index contributed by atoms with van der Waals surface area (Å²) < 4.78 is 4.98. The molecule has 9 heteroatoms. The lowest BCUT2D eigenvalue weighted by Gasteiger charge is -2.10. The number of rotatable bonds is 7. The predicted molar refractivity (Wildman–Crippen MR) is 86.1 cm³/mol. The molecule has 0 fully saturated rings. The van der Waals surface area contributed by atoms with Crippen LogP contribution >= 0.6 is 0 Å². The van der Waals surface area contributed by atoms with E-state index < -0.39 is 36.8 Å². The zero-order chi connectivity index (χ0) is 18.2. The molecule has 2 rings (SSSR count). The van der Waals surface area contributed by atoms with Gasteiger partial charge < -0.3 is 25.5 Å². The van der Waals surface area contributed by atoms with E-state index in [-0.39, 0.29) is 17.0 Å². The summed E-state index contributed by atoms with van der Waals surface area (Å²) >= 11 is 0. The van der Waals surface area contributed by atoms with Crippen molar-refractivity contribution >= 4 is 29.4 Å². The van der Waals surface area contributed by atoms with Crippen molar-refractivity contribution in [1.82, 2.24) is 10.6 Å². The fraction of sp³-hybridized carbons (Fsp3) is 0.125. The Morgan fingerprint density at radius 2 is 1.68 bits per heavy atom. The van der Waals surface area contributed by atoms with Crippen molar-refractivity contribution in [3.05, 3.63) is 54.0 Å². The first-order chi connectivity index (χ1) is 12.0. The number of carbonyl (C=O) groups is 4. The molecule has 0 spiro atoms. The molecule has 1 aromatic carbocycles. The smallest absolute Gasteiger partial charge is 0.322 e. The molecule has 0 saturated carbocycles. The number of hydrogen-bond donors (Lipinski definition) is 4. The molecule has 0 aliphatic heterocycles. The summed E-state index contributed by atoms with van der Waals surface area (Å²) in [5.41, 5.74) is 0.390. The molecular weight excluding hydrogens is 330 g/mol. The van der Waals surface area contributed by atoms with Crippen molar-refractivity contribution in [3.8, 4) is 0 Å². The Hall–Kier alpha value is -3.62. The van der Waals surface area contributed by atoms with E-state index in [1.54, 1.807) is 18.2 Å². The molecule has 0 aliphatic rings. The fourth-order valence-corrected chi connectivity index (χ4v) is 1.87. The number of nitrogens with one attached hydrogen (secondary N) is 3. The molecule has 25 heavy (non-hydrogen) atoms. The van der Waals surface area contributed by atoms with Crippen molar-refractivity contribution in [2.45, 2.75) is 0 Å². The van der Waals surface area contributed by atoms with Crippen LogP contribution in [-0.2, 0) is 9.59 Å². The van der Waals surface area contributed by atoms with Crippen LogP contribution in [0.1, 0.15) is 20.9 Å². The average molecular weight is 345 g/mol. The van der Waals surface area contributed by atoms with Crippen LogP contribution in [0, 0.1) is 0 Å². The van der Waals surface area contributed by atoms with E-state index in [2.05, 4.69) is 16.0 Å². The highest BCUT2D eigenvalue weighted by Crippen LogP contribution is 2.16. The van der Waals surface area contributed by atoms with E-state index >= 15 is 0 Å². The molecule has 130 valence electrons. The summed E-state index contributed by atoms with van der Waals surface area (Å²) in [5, 5.41) is 15.5. The zero-order valence-corrected chi connectivity index (χ0v) is 12.9. The molecule has 0 radical (unpaired) electrons. The lowest BCUT2D eigenvalue weighted by Crippen LogP contribution is -2.39. The van der Waals surface area contributed by atoms with E-state index in [0.29, 0.717) is 0 Å². The lowest BCUT2D eigenvalue weighted by molar-refractivity contribution is -0.137. The minimum atomic E-state index is -1.19. The van der Waals surface area contributed by atoms with Gasteiger partial charge in [0.1, 0.15) is 6.54 Å². The summed E-state index contributed by atoms with van der Waals surface area (Å²) in [5.74, 6) is -2.87. The summed E-state index contributed by atoms with van der Waals surface area (Å²) in [7, 11) is 0. The minimum absolute atomic E-state index is 0.0864. The number of para-hydroxylation sites is 1. The number of carboxylic acids is 1. The maximum Gasteiger partial charge on any atom is 0.322 e. The SMILES string of the molecule is O=C(O)CNC(=O)CNC(=O)c1ccccc1NC(=O)c1ccco1. The van der Waals surface area contributed by atoms with E-state index in [1.807, 2.05) is 0 Å². The summed E-state index contributed by atoms with van der Waals surface area (Å²) in [6, 6.07) is 9.27. The highest BCUT2D eigenvalue weighted by atomic mass is 16.4. The number of benzene rings is 1. The molecule has 4 N–H and O–H groups in total. The van der Waals surface area contributed by atoms with Gasteiger partial charge in [-0.3, -0.25) is 19.2 Å². The second kappa shape index (κ2) is 8.29. The van der Waals surface area contributed by atoms with Gasteiger partial charge in [0.25, 0.3) is 11.8 Å². The standard InChI is InChI=1S/C16H15N3O6/c20-13(17-9-14(21)22)8-18-15(23)10-4-1-2-5-11(10)19-16(24)12-6-3-7-25-12/h1-7H,8-9H2,(H,17,20)(H,18,23)(H,19,24)(H,21,22). The van der Waals surface area contributed by atoms with Crippen LogP contribution < -0.4 is 16.0 Å². The maximum absolute atomic E-state index is 12.2. The van der Waals surface area contributed by atoms with Gasteiger partial charge in [0.15, 0.2) is 5.76 Å². The summed E-state index contributed by atoms with van der Waals surface area (Å²) in [6.07, 6.45) is 1.35. The Kier molecular flexibility index (Phi) is 5.88. The van der Waals surface area contributed by atoms with Gasteiger partial charge in [-0.15, -0.1) is 0 Å². The Labute approximate surface area is 142 Å². The Bertz CT molecular complexity index is 785. The molecule has 1 aromatic heterocycles. The molecule has 0 aliphatic carbocycles. The van der Waals surface area contributed by atoms with Crippen molar-refractivity contribution in [2.24, 2.45) is 0 Å². The van der Waals surface area contributed by atoms with E-state index in [0.717, 1.165) is 0 Å². The Balaban J connectivity index is 1.99. The van der Waals surface area contributed by atoms with Crippen LogP contribution in [-0.4, -0.2) is 41.9 Å². The lowest BCUT2D eigenvalue weighted by atomic mass is 10.1. The Morgan fingerprint density at radius 3 is 2.36 bits per heavy atom. The number of anilines is 1. The summed E-state index contributed by atoms with van der Waals surface area (Å²) in [4.78, 5) is 46.0. The van der Waals surface area contributed by atoms with Gasteiger partial charge in [-0.2, -0.15) is 0 Å². The number of hydrogen-bond acceptors (Lipinski definition) is 5. The second-order valence-electron chi connectivity index (χ2n) is 4.83. The first-order valence-electron chi connectivity index (χ1n) is 7.18. The van der Waals surface area contributed by atoms with Crippen molar-refractivity contribution in [3.63, 3.8) is 0 Å². The second-order valence-corrected chi connectivity index (χ2v) is 4.83. The molecule has 3 amide bonds. The van der Waals surface area contributed by atoms with Crippen LogP contribution in [0.3, 0.4) is 0 Å². The van der Waals surface area contributed by atoms with E-state index in [9.17, 15) is 19.2 Å². The molecule has 0 unspecified atom stereocenters. The van der Waals surface area contributed by atoms with Crippen LogP contribution in [0.15, 0.2) is 47.1 Å². The highest BCUT2D eigenvalue weighted by Gasteiger charge is 2.16. The highest BCUT2D eigenvalue weighted by molar-refractivity contribution is 6.08. The van der Waals surface area contributed by atoms with Crippen molar-refractivity contribution < 1.29 is 28.7 Å². The number of amides is 3. The topological polar surface area (TPSA) is 138 Å². The maximum atomic E-state index is 12.2. The number of carboxylic acid groups (broad SMARTS) is 1. The quantitative estimate of drug-likeness (QED) is 0.575. The molecule has 0 bridgehead atoms. The van der Waals surface area contributed by atoms with Crippen molar-refractivity contribution in [1.29, 1.82) is 0 Å². The fourth-order valence-electron chi connectivity index (χ4n) is 1.87. The molecule has 1 heterocycles. The molecule has 2 aromatic rings. The van der Waals surface area contributed by atoms with Crippen molar-refractivity contribution in [2.75, 3.05) is 18.4 Å². The van der Waals surface area contributed by atoms with Gasteiger partial charge >= 0.3 is 5.97 Å². The number of aliphatic carboxylic acids is 1. The zero-order valence-electron chi connectivity index (χ0n) is 12.9. The number of furan rings is 1. The average Bonchev–Trinajstić information content (AvgIpc) is 3.13. The normalized spacial score (nSPS) is 9.92. The van der Waals surface area contributed by atoms with Gasteiger partial charge in [-0.25, -0.2) is 0 Å². The molecule has 0 saturated heterocycles. The number of carbonyl (C=O) groups excluding carboxylic acids is 3. The summed E-state index contributed by atoms with van der Waals surface area (Å²) in [6.45, 7) is -0.933. The van der Waals surface area contributed by atoms with Crippen LogP contribution in [0.25, 0.3) is 0 Å². The van der Waals surface area contributed by atoms with Gasteiger partial charge in [-0.1, -0.05) is 12.1 Å². The van der Waals surface area contributed by atoms with Crippen LogP contribution in [0.4, 0.5) is 5.69 Å². The largest absolute Gasteiger partial charge is 0.480 e. The van der Waals surface area contributed by atoms with Gasteiger partial charge in [0, 0.05) is 0 Å². The van der Waals surface area contributed by atoms with E-state index in [4.69, 9.17) is 9.52 Å².